The maximum absolute atomic E-state index is 13.9. The van der Waals surface area contributed by atoms with Crippen LogP contribution in [0.15, 0.2) is 57.6 Å². The fraction of sp³-hybridized carbons (Fsp3) is 0.250. The Kier molecular flexibility index (Phi) is 7.40. The van der Waals surface area contributed by atoms with E-state index in [1.807, 2.05) is 0 Å². The first-order chi connectivity index (χ1) is 18.1. The number of nitrogens with one attached hydrogen (secondary N) is 2. The number of carbonyl (C=O) groups excluding carboxylic acids is 2. The first-order valence-electron chi connectivity index (χ1n) is 11.1. The smallest absolute Gasteiger partial charge is 0.383 e. The van der Waals surface area contributed by atoms with E-state index in [9.17, 15) is 27.9 Å². The Hall–Kier alpha value is -4.77. The third-order valence-electron chi connectivity index (χ3n) is 5.63. The molecule has 4 rings (SSSR count). The largest absolute Gasteiger partial charge is 0.422 e. The summed E-state index contributed by atoms with van der Waals surface area (Å²) in [7, 11) is 1.29. The number of hydrogen-bond donors (Lipinski definition) is 3. The number of likely N-dealkylation sites (N-methyl/N-ethyl adjacent to an activating group) is 1. The zero-order valence-corrected chi connectivity index (χ0v) is 19.6. The summed E-state index contributed by atoms with van der Waals surface area (Å²) >= 11 is 0. The minimum atomic E-state index is -4.83. The number of hydrogen-bond acceptors (Lipinski definition) is 9. The van der Waals surface area contributed by atoms with Crippen molar-refractivity contribution in [3.05, 3.63) is 59.9 Å². The summed E-state index contributed by atoms with van der Waals surface area (Å²) in [6.07, 6.45) is -1.80. The molecule has 38 heavy (non-hydrogen) atoms. The number of nitrogens with zero attached hydrogens (tertiary/aromatic N) is 4. The molecule has 2 aromatic heterocycles. The van der Waals surface area contributed by atoms with Gasteiger partial charge in [0, 0.05) is 24.1 Å². The highest BCUT2D eigenvalue weighted by Gasteiger charge is 2.43. The van der Waals surface area contributed by atoms with E-state index in [-0.39, 0.29) is 17.8 Å². The van der Waals surface area contributed by atoms with Gasteiger partial charge in [-0.2, -0.15) is 23.4 Å². The van der Waals surface area contributed by atoms with Gasteiger partial charge in [-0.05, 0) is 6.42 Å². The predicted octanol–water partition coefficient (Wildman–Crippen LogP) is 2.49. The minimum absolute atomic E-state index is 0.0522. The van der Waals surface area contributed by atoms with Gasteiger partial charge in [0.05, 0.1) is 6.07 Å². The Morgan fingerprint density at radius 1 is 1.18 bits per heavy atom. The van der Waals surface area contributed by atoms with Crippen LogP contribution in [0.2, 0.25) is 0 Å². The summed E-state index contributed by atoms with van der Waals surface area (Å²) in [6, 6.07) is 7.83. The molecule has 1 aliphatic rings. The first kappa shape index (κ1) is 26.3. The molecule has 0 saturated carbocycles. The number of amides is 2. The number of aromatic nitrogens is 3. The van der Waals surface area contributed by atoms with Crippen LogP contribution in [0, 0.1) is 17.2 Å². The molecular weight excluding hydrogens is 509 g/mol. The normalized spacial score (nSPS) is 16.7. The molecule has 3 aromatic rings. The Morgan fingerprint density at radius 2 is 1.92 bits per heavy atom. The van der Waals surface area contributed by atoms with Gasteiger partial charge < -0.3 is 24.8 Å². The second kappa shape index (κ2) is 10.7. The maximum Gasteiger partial charge on any atom is 0.422 e. The van der Waals surface area contributed by atoms with Crippen LogP contribution < -0.4 is 10.6 Å². The number of benzene rings is 1. The van der Waals surface area contributed by atoms with Crippen LogP contribution in [0.3, 0.4) is 0 Å². The highest BCUT2D eigenvalue weighted by Crippen LogP contribution is 2.43. The van der Waals surface area contributed by atoms with Gasteiger partial charge in [0.2, 0.25) is 11.6 Å². The van der Waals surface area contributed by atoms with Crippen molar-refractivity contribution >= 4 is 17.4 Å². The summed E-state index contributed by atoms with van der Waals surface area (Å²) in [4.78, 5) is 27.9. The molecule has 0 spiro atoms. The van der Waals surface area contributed by atoms with Gasteiger partial charge >= 0.3 is 6.18 Å². The molecule has 2 amide bonds. The molecule has 2 heterocycles. The van der Waals surface area contributed by atoms with Crippen LogP contribution in [0.4, 0.5) is 13.2 Å². The Morgan fingerprint density at radius 3 is 2.53 bits per heavy atom. The lowest BCUT2D eigenvalue weighted by molar-refractivity contribution is -0.137. The molecule has 14 heteroatoms. The van der Waals surface area contributed by atoms with Crippen LogP contribution in [0.5, 0.6) is 0 Å². The van der Waals surface area contributed by atoms with Crippen molar-refractivity contribution in [3.8, 4) is 29.0 Å². The number of aliphatic hydroxyl groups excluding tert-OH is 1. The minimum Gasteiger partial charge on any atom is -0.383 e. The van der Waals surface area contributed by atoms with Gasteiger partial charge in [-0.15, -0.1) is 0 Å². The molecule has 3 atom stereocenters. The second-order valence-corrected chi connectivity index (χ2v) is 8.07. The van der Waals surface area contributed by atoms with Crippen LogP contribution in [0.25, 0.3) is 28.5 Å². The zero-order valence-electron chi connectivity index (χ0n) is 19.6. The van der Waals surface area contributed by atoms with Crippen molar-refractivity contribution in [1.29, 1.82) is 5.26 Å². The third kappa shape index (κ3) is 5.32. The average Bonchev–Trinajstić information content (AvgIpc) is 3.59. The molecular formula is C24H19F3N6O5. The molecule has 0 aliphatic heterocycles. The summed E-state index contributed by atoms with van der Waals surface area (Å²) in [6.45, 7) is 0. The summed E-state index contributed by atoms with van der Waals surface area (Å²) in [5, 5.41) is 31.0. The number of alkyl halides is 3. The van der Waals surface area contributed by atoms with Gasteiger partial charge in [-0.3, -0.25) is 9.59 Å². The van der Waals surface area contributed by atoms with E-state index < -0.39 is 59.0 Å². The van der Waals surface area contributed by atoms with Crippen LogP contribution in [-0.2, 0) is 15.8 Å². The molecule has 0 fully saturated rings. The number of carbonyl (C=O) groups is 2. The van der Waals surface area contributed by atoms with Crippen molar-refractivity contribution in [2.24, 2.45) is 5.92 Å². The summed E-state index contributed by atoms with van der Waals surface area (Å²) in [5.74, 6) is -3.69. The van der Waals surface area contributed by atoms with Gasteiger partial charge in [-0.1, -0.05) is 58.9 Å². The van der Waals surface area contributed by atoms with Crippen molar-refractivity contribution < 1.29 is 36.9 Å². The standard InChI is InChI=1S/C24H19F3N6O5/c1-29-21(35)15(11-28)30-22(36)18(34)13-7-9-14(10-8-13)20-31-23(38-33-20)19-16(24(25,26)27)17(32-37-19)12-5-3-2-4-6-12/h2-7,9-10,13,15,18,34H,8H2,1H3,(H,29,35)(H,30,36). The molecule has 196 valence electrons. The van der Waals surface area contributed by atoms with E-state index in [1.165, 1.54) is 31.3 Å². The monoisotopic (exact) mass is 528 g/mol. The topological polar surface area (TPSA) is 167 Å². The number of aliphatic hydroxyl groups is 1. The summed E-state index contributed by atoms with van der Waals surface area (Å²) < 4.78 is 51.8. The average molecular weight is 528 g/mol. The molecule has 3 unspecified atom stereocenters. The highest BCUT2D eigenvalue weighted by molar-refractivity contribution is 5.91. The lowest BCUT2D eigenvalue weighted by atomic mass is 9.91. The van der Waals surface area contributed by atoms with E-state index in [0.717, 1.165) is 0 Å². The van der Waals surface area contributed by atoms with Gasteiger partial charge in [-0.25, -0.2) is 0 Å². The van der Waals surface area contributed by atoms with E-state index in [0.29, 0.717) is 5.57 Å². The molecule has 0 saturated heterocycles. The predicted molar refractivity (Wildman–Crippen MR) is 123 cm³/mol. The van der Waals surface area contributed by atoms with Crippen molar-refractivity contribution in [1.82, 2.24) is 25.9 Å². The Bertz CT molecular complexity index is 1440. The van der Waals surface area contributed by atoms with E-state index in [2.05, 4.69) is 25.9 Å². The van der Waals surface area contributed by atoms with Crippen LogP contribution in [-0.4, -0.2) is 51.4 Å². The van der Waals surface area contributed by atoms with Crippen LogP contribution >= 0.6 is 0 Å². The number of allylic oxidation sites excluding steroid dienone is 3. The molecule has 0 bridgehead atoms. The SMILES string of the molecule is CNC(=O)C(C#N)NC(=O)C(O)C1C=CC(c2noc(-c3onc(-c4ccccc4)c3C(F)(F)F)n2)=CC1. The first-order valence-corrected chi connectivity index (χ1v) is 11.1. The number of halogens is 3. The zero-order chi connectivity index (χ0) is 27.4. The van der Waals surface area contributed by atoms with E-state index in [1.54, 1.807) is 30.3 Å². The van der Waals surface area contributed by atoms with Crippen molar-refractivity contribution in [3.63, 3.8) is 0 Å². The van der Waals surface area contributed by atoms with E-state index in [4.69, 9.17) is 14.3 Å². The lowest BCUT2D eigenvalue weighted by Crippen LogP contribution is -2.49. The third-order valence-corrected chi connectivity index (χ3v) is 5.63. The summed E-state index contributed by atoms with van der Waals surface area (Å²) in [5.41, 5.74) is -1.03. The van der Waals surface area contributed by atoms with Gasteiger partial charge in [0.1, 0.15) is 17.4 Å². The fourth-order valence-corrected chi connectivity index (χ4v) is 3.68. The maximum atomic E-state index is 13.9. The Labute approximate surface area is 212 Å². The Balaban J connectivity index is 1.51. The molecule has 0 radical (unpaired) electrons. The second-order valence-electron chi connectivity index (χ2n) is 8.07. The van der Waals surface area contributed by atoms with Crippen molar-refractivity contribution in [2.45, 2.75) is 24.7 Å². The fourth-order valence-electron chi connectivity index (χ4n) is 3.68. The quantitative estimate of drug-likeness (QED) is 0.417. The van der Waals surface area contributed by atoms with E-state index >= 15 is 0 Å². The van der Waals surface area contributed by atoms with Gasteiger partial charge in [0.25, 0.3) is 17.7 Å². The van der Waals surface area contributed by atoms with Gasteiger partial charge in [0.15, 0.2) is 6.04 Å². The molecule has 11 nitrogen and oxygen atoms in total. The highest BCUT2D eigenvalue weighted by atomic mass is 19.4. The van der Waals surface area contributed by atoms with Crippen molar-refractivity contribution in [2.75, 3.05) is 7.05 Å². The molecule has 3 N–H and O–H groups in total. The lowest BCUT2D eigenvalue weighted by Gasteiger charge is -2.21. The molecule has 1 aromatic carbocycles. The molecule has 1 aliphatic carbocycles. The number of nitriles is 1. The number of rotatable bonds is 7. The van der Waals surface area contributed by atoms with Crippen LogP contribution in [0.1, 0.15) is 17.8 Å².